The van der Waals surface area contributed by atoms with Crippen molar-refractivity contribution < 1.29 is 4.79 Å². The van der Waals surface area contributed by atoms with Crippen molar-refractivity contribution in [3.05, 3.63) is 34.9 Å². The topological polar surface area (TPSA) is 96.7 Å². The van der Waals surface area contributed by atoms with Crippen LogP contribution in [0.3, 0.4) is 0 Å². The Bertz CT molecular complexity index is 583. The minimum Gasteiger partial charge on any atom is -0.398 e. The lowest BCUT2D eigenvalue weighted by Crippen LogP contribution is -2.15. The van der Waals surface area contributed by atoms with Gasteiger partial charge in [-0.25, -0.2) is 0 Å². The number of carbonyl (C=O) groups is 1. The highest BCUT2D eigenvalue weighted by Gasteiger charge is 2.14. The van der Waals surface area contributed by atoms with Crippen molar-refractivity contribution >= 4 is 17.3 Å². The number of hydrogen-bond donors (Lipinski definition) is 3. The summed E-state index contributed by atoms with van der Waals surface area (Å²) in [5.74, 6) is -0.285. The number of amides is 1. The van der Waals surface area contributed by atoms with Crippen molar-refractivity contribution in [1.29, 1.82) is 0 Å². The van der Waals surface area contributed by atoms with E-state index in [1.807, 2.05) is 20.8 Å². The van der Waals surface area contributed by atoms with Crippen molar-refractivity contribution in [3.8, 4) is 0 Å². The standard InChI is InChI=1S/C12H15N5O/c1-6-4-10(13)9(5-14-6)12(18)15-11-7(2)16-17-8(11)3/h4-5H,1-3H3,(H2,13,14)(H,15,18)(H,16,17). The highest BCUT2D eigenvalue weighted by molar-refractivity contribution is 6.08. The minimum absolute atomic E-state index is 0.285. The Morgan fingerprint density at radius 1 is 1.39 bits per heavy atom. The Morgan fingerprint density at radius 3 is 2.67 bits per heavy atom. The second-order valence-corrected chi connectivity index (χ2v) is 4.18. The molecule has 0 bridgehead atoms. The Kier molecular flexibility index (Phi) is 3.01. The summed E-state index contributed by atoms with van der Waals surface area (Å²) in [5.41, 5.74) is 9.58. The number of aromatic amines is 1. The Balaban J connectivity index is 2.28. The van der Waals surface area contributed by atoms with Gasteiger partial charge in [-0.05, 0) is 26.8 Å². The van der Waals surface area contributed by atoms with Crippen molar-refractivity contribution in [2.24, 2.45) is 0 Å². The van der Waals surface area contributed by atoms with E-state index in [0.717, 1.165) is 17.1 Å². The fourth-order valence-electron chi connectivity index (χ4n) is 1.69. The van der Waals surface area contributed by atoms with E-state index in [0.29, 0.717) is 16.9 Å². The molecule has 0 aliphatic rings. The number of hydrogen-bond acceptors (Lipinski definition) is 4. The summed E-state index contributed by atoms with van der Waals surface area (Å²) in [4.78, 5) is 16.1. The van der Waals surface area contributed by atoms with Crippen molar-refractivity contribution in [1.82, 2.24) is 15.2 Å². The molecule has 2 aromatic rings. The van der Waals surface area contributed by atoms with E-state index in [-0.39, 0.29) is 5.91 Å². The third kappa shape index (κ3) is 2.17. The van der Waals surface area contributed by atoms with E-state index in [1.54, 1.807) is 6.07 Å². The van der Waals surface area contributed by atoms with Gasteiger partial charge in [-0.15, -0.1) is 0 Å². The lowest BCUT2D eigenvalue weighted by Gasteiger charge is -2.07. The van der Waals surface area contributed by atoms with Gasteiger partial charge in [-0.1, -0.05) is 0 Å². The van der Waals surface area contributed by atoms with Gasteiger partial charge in [0.15, 0.2) is 0 Å². The van der Waals surface area contributed by atoms with Crippen LogP contribution < -0.4 is 11.1 Å². The largest absolute Gasteiger partial charge is 0.398 e. The molecule has 4 N–H and O–H groups in total. The van der Waals surface area contributed by atoms with E-state index < -0.39 is 0 Å². The van der Waals surface area contributed by atoms with Gasteiger partial charge in [0.05, 0.1) is 22.6 Å². The number of nitrogens with one attached hydrogen (secondary N) is 2. The van der Waals surface area contributed by atoms with Crippen molar-refractivity contribution in [2.45, 2.75) is 20.8 Å². The van der Waals surface area contributed by atoms with Crippen molar-refractivity contribution in [2.75, 3.05) is 11.1 Å². The first-order valence-corrected chi connectivity index (χ1v) is 5.54. The lowest BCUT2D eigenvalue weighted by atomic mass is 10.2. The first-order valence-electron chi connectivity index (χ1n) is 5.54. The van der Waals surface area contributed by atoms with Crippen LogP contribution >= 0.6 is 0 Å². The highest BCUT2D eigenvalue weighted by Crippen LogP contribution is 2.19. The first kappa shape index (κ1) is 12.1. The number of anilines is 2. The van der Waals surface area contributed by atoms with Crippen molar-refractivity contribution in [3.63, 3.8) is 0 Å². The number of aryl methyl sites for hydroxylation is 3. The summed E-state index contributed by atoms with van der Waals surface area (Å²) >= 11 is 0. The number of pyridine rings is 1. The molecule has 0 radical (unpaired) electrons. The molecule has 0 saturated heterocycles. The second-order valence-electron chi connectivity index (χ2n) is 4.18. The maximum atomic E-state index is 12.1. The molecule has 1 amide bonds. The van der Waals surface area contributed by atoms with Gasteiger partial charge in [-0.2, -0.15) is 5.10 Å². The summed E-state index contributed by atoms with van der Waals surface area (Å²) in [6.45, 7) is 5.48. The summed E-state index contributed by atoms with van der Waals surface area (Å²) in [6.07, 6.45) is 1.48. The van der Waals surface area contributed by atoms with E-state index in [4.69, 9.17) is 5.73 Å². The number of carbonyl (C=O) groups excluding carboxylic acids is 1. The number of nitrogens with zero attached hydrogens (tertiary/aromatic N) is 2. The third-order valence-electron chi connectivity index (χ3n) is 2.68. The molecule has 0 saturated carbocycles. The molecular formula is C12H15N5O. The van der Waals surface area contributed by atoms with E-state index in [9.17, 15) is 4.79 Å². The van der Waals surface area contributed by atoms with Gasteiger partial charge < -0.3 is 11.1 Å². The predicted octanol–water partition coefficient (Wildman–Crippen LogP) is 1.56. The average Bonchev–Trinajstić information content (AvgIpc) is 2.60. The predicted molar refractivity (Wildman–Crippen MR) is 69.4 cm³/mol. The molecule has 0 aromatic carbocycles. The number of nitrogen functional groups attached to an aromatic ring is 1. The van der Waals surface area contributed by atoms with Crippen LogP contribution in [0.1, 0.15) is 27.4 Å². The third-order valence-corrected chi connectivity index (χ3v) is 2.68. The minimum atomic E-state index is -0.285. The fourth-order valence-corrected chi connectivity index (χ4v) is 1.69. The Morgan fingerprint density at radius 2 is 2.11 bits per heavy atom. The fraction of sp³-hybridized carbons (Fsp3) is 0.250. The zero-order valence-corrected chi connectivity index (χ0v) is 10.5. The molecule has 0 spiro atoms. The SMILES string of the molecule is Cc1cc(N)c(C(=O)Nc2c(C)n[nH]c2C)cn1. The summed E-state index contributed by atoms with van der Waals surface area (Å²) in [7, 11) is 0. The number of rotatable bonds is 2. The molecule has 2 heterocycles. The summed E-state index contributed by atoms with van der Waals surface area (Å²) in [5, 5.41) is 9.60. The van der Waals surface area contributed by atoms with Gasteiger partial charge in [0.2, 0.25) is 0 Å². The molecule has 6 nitrogen and oxygen atoms in total. The van der Waals surface area contributed by atoms with Crippen LogP contribution in [0.5, 0.6) is 0 Å². The van der Waals surface area contributed by atoms with Gasteiger partial charge in [0.25, 0.3) is 5.91 Å². The zero-order chi connectivity index (χ0) is 13.3. The van der Waals surface area contributed by atoms with Gasteiger partial charge in [0.1, 0.15) is 0 Å². The molecule has 0 unspecified atom stereocenters. The summed E-state index contributed by atoms with van der Waals surface area (Å²) in [6, 6.07) is 1.67. The molecule has 18 heavy (non-hydrogen) atoms. The number of nitrogens with two attached hydrogens (primary N) is 1. The smallest absolute Gasteiger partial charge is 0.259 e. The maximum Gasteiger partial charge on any atom is 0.259 e. The highest BCUT2D eigenvalue weighted by atomic mass is 16.1. The van der Waals surface area contributed by atoms with Crippen LogP contribution in [0.2, 0.25) is 0 Å². The monoisotopic (exact) mass is 245 g/mol. The van der Waals surface area contributed by atoms with Crippen LogP contribution in [0.25, 0.3) is 0 Å². The molecule has 0 atom stereocenters. The normalized spacial score (nSPS) is 10.4. The average molecular weight is 245 g/mol. The molecule has 0 fully saturated rings. The van der Waals surface area contributed by atoms with E-state index in [1.165, 1.54) is 6.20 Å². The summed E-state index contributed by atoms with van der Waals surface area (Å²) < 4.78 is 0. The zero-order valence-electron chi connectivity index (χ0n) is 10.5. The van der Waals surface area contributed by atoms with Crippen LogP contribution in [0.4, 0.5) is 11.4 Å². The van der Waals surface area contributed by atoms with Gasteiger partial charge in [0, 0.05) is 17.6 Å². The Labute approximate surface area is 105 Å². The van der Waals surface area contributed by atoms with E-state index >= 15 is 0 Å². The quantitative estimate of drug-likeness (QED) is 0.748. The maximum absolute atomic E-state index is 12.1. The molecule has 6 heteroatoms. The van der Waals surface area contributed by atoms with E-state index in [2.05, 4.69) is 20.5 Å². The molecule has 0 aliphatic heterocycles. The van der Waals surface area contributed by atoms with Crippen LogP contribution in [-0.2, 0) is 0 Å². The second kappa shape index (κ2) is 4.48. The Hall–Kier alpha value is -2.37. The molecule has 0 aliphatic carbocycles. The molecule has 94 valence electrons. The number of H-pyrrole nitrogens is 1. The van der Waals surface area contributed by atoms with Gasteiger partial charge in [-0.3, -0.25) is 14.9 Å². The number of aromatic nitrogens is 3. The lowest BCUT2D eigenvalue weighted by molar-refractivity contribution is 0.102. The van der Waals surface area contributed by atoms with Gasteiger partial charge >= 0.3 is 0 Å². The van der Waals surface area contributed by atoms with Crippen LogP contribution in [-0.4, -0.2) is 21.1 Å². The molecular weight excluding hydrogens is 230 g/mol. The first-order chi connectivity index (χ1) is 8.49. The molecule has 2 rings (SSSR count). The van der Waals surface area contributed by atoms with Crippen LogP contribution in [0.15, 0.2) is 12.3 Å². The molecule has 2 aromatic heterocycles. The van der Waals surface area contributed by atoms with Crippen LogP contribution in [0, 0.1) is 20.8 Å².